The van der Waals surface area contributed by atoms with Crippen molar-refractivity contribution >= 4 is 15.9 Å². The summed E-state index contributed by atoms with van der Waals surface area (Å²) in [5.41, 5.74) is 4.24. The molecule has 3 aromatic rings. The van der Waals surface area contributed by atoms with Gasteiger partial charge in [0.1, 0.15) is 0 Å². The van der Waals surface area contributed by atoms with Crippen molar-refractivity contribution in [3.05, 3.63) is 71.4 Å². The van der Waals surface area contributed by atoms with Gasteiger partial charge in [-0.1, -0.05) is 29.8 Å². The van der Waals surface area contributed by atoms with E-state index >= 15 is 0 Å². The minimum Gasteiger partial charge on any atom is -0.347 e. The molecule has 170 valence electrons. The average Bonchev–Trinajstić information content (AvgIpc) is 3.25. The Bertz CT molecular complexity index is 1310. The number of hydrogen-bond acceptors (Lipinski definition) is 5. The van der Waals surface area contributed by atoms with Gasteiger partial charge in [-0.2, -0.15) is 10.4 Å². The normalized spacial score (nSPS) is 16.8. The van der Waals surface area contributed by atoms with Crippen molar-refractivity contribution < 1.29 is 13.2 Å². The molecule has 4 rings (SSSR count). The molecule has 9 heteroatoms. The number of benzene rings is 2. The Kier molecular flexibility index (Phi) is 6.31. The summed E-state index contributed by atoms with van der Waals surface area (Å²) < 4.78 is 26.9. The average molecular weight is 464 g/mol. The summed E-state index contributed by atoms with van der Waals surface area (Å²) in [6, 6.07) is 18.5. The molecule has 1 N–H and O–H groups in total. The van der Waals surface area contributed by atoms with Gasteiger partial charge in [0, 0.05) is 24.7 Å². The first kappa shape index (κ1) is 22.7. The first-order valence-corrected chi connectivity index (χ1v) is 12.5. The van der Waals surface area contributed by atoms with Crippen molar-refractivity contribution in [1.82, 2.24) is 19.4 Å². The summed E-state index contributed by atoms with van der Waals surface area (Å²) in [5, 5.41) is 16.6. The minimum absolute atomic E-state index is 0.242. The number of nitriles is 1. The van der Waals surface area contributed by atoms with Crippen LogP contribution in [0, 0.1) is 18.3 Å². The summed E-state index contributed by atoms with van der Waals surface area (Å²) in [6.45, 7) is 2.72. The first-order valence-electron chi connectivity index (χ1n) is 10.7. The third-order valence-corrected chi connectivity index (χ3v) is 6.99. The molecule has 0 spiro atoms. The van der Waals surface area contributed by atoms with Crippen molar-refractivity contribution in [1.29, 1.82) is 5.26 Å². The van der Waals surface area contributed by atoms with Gasteiger partial charge in [0.05, 0.1) is 29.3 Å². The second kappa shape index (κ2) is 9.17. The Labute approximate surface area is 193 Å². The van der Waals surface area contributed by atoms with Crippen LogP contribution in [0.5, 0.6) is 0 Å². The molecule has 0 aliphatic carbocycles. The molecule has 0 radical (unpaired) electrons. The maximum Gasteiger partial charge on any atom is 0.272 e. The number of carbonyl (C=O) groups is 1. The van der Waals surface area contributed by atoms with Gasteiger partial charge in [-0.3, -0.25) is 4.79 Å². The Hall–Kier alpha value is -3.48. The Morgan fingerprint density at radius 3 is 2.48 bits per heavy atom. The van der Waals surface area contributed by atoms with E-state index in [1.165, 1.54) is 10.6 Å². The van der Waals surface area contributed by atoms with Gasteiger partial charge >= 0.3 is 0 Å². The number of sulfonamides is 1. The zero-order valence-electron chi connectivity index (χ0n) is 18.5. The van der Waals surface area contributed by atoms with Gasteiger partial charge in [0.2, 0.25) is 10.0 Å². The molecule has 2 heterocycles. The van der Waals surface area contributed by atoms with Crippen LogP contribution in [0.3, 0.4) is 0 Å². The van der Waals surface area contributed by atoms with Gasteiger partial charge in [0.25, 0.3) is 5.91 Å². The Balaban J connectivity index is 1.65. The summed E-state index contributed by atoms with van der Waals surface area (Å²) in [7, 11) is -3.30. The minimum atomic E-state index is -3.30. The highest BCUT2D eigenvalue weighted by atomic mass is 32.2. The molecular weight excluding hydrogens is 438 g/mol. The van der Waals surface area contributed by atoms with Gasteiger partial charge < -0.3 is 5.32 Å². The van der Waals surface area contributed by atoms with Gasteiger partial charge in [0.15, 0.2) is 5.69 Å². The lowest BCUT2D eigenvalue weighted by molar-refractivity contribution is 0.0916. The van der Waals surface area contributed by atoms with E-state index < -0.39 is 10.0 Å². The molecule has 0 saturated carbocycles. The van der Waals surface area contributed by atoms with Crippen molar-refractivity contribution in [2.75, 3.05) is 19.3 Å². The van der Waals surface area contributed by atoms with E-state index in [0.29, 0.717) is 24.9 Å². The molecule has 1 amide bonds. The molecule has 1 atom stereocenters. The molecular formula is C24H25N5O3S. The number of piperidine rings is 1. The Morgan fingerprint density at radius 1 is 1.15 bits per heavy atom. The van der Waals surface area contributed by atoms with Crippen LogP contribution < -0.4 is 5.32 Å². The van der Waals surface area contributed by atoms with Crippen molar-refractivity contribution in [2.24, 2.45) is 0 Å². The van der Waals surface area contributed by atoms with Gasteiger partial charge in [-0.25, -0.2) is 17.4 Å². The van der Waals surface area contributed by atoms with E-state index in [4.69, 9.17) is 5.26 Å². The molecule has 33 heavy (non-hydrogen) atoms. The molecule has 1 aliphatic rings. The number of carbonyl (C=O) groups excluding carboxylic acids is 1. The van der Waals surface area contributed by atoms with E-state index in [9.17, 15) is 13.2 Å². The highest BCUT2D eigenvalue weighted by Gasteiger charge is 2.28. The summed E-state index contributed by atoms with van der Waals surface area (Å²) in [6.07, 6.45) is 2.58. The topological polar surface area (TPSA) is 108 Å². The van der Waals surface area contributed by atoms with Crippen LogP contribution in [0.15, 0.2) is 54.6 Å². The fourth-order valence-corrected chi connectivity index (χ4v) is 4.83. The zero-order chi connectivity index (χ0) is 23.6. The summed E-state index contributed by atoms with van der Waals surface area (Å²) in [4.78, 5) is 13.1. The maximum atomic E-state index is 13.1. The van der Waals surface area contributed by atoms with E-state index in [-0.39, 0.29) is 24.2 Å². The summed E-state index contributed by atoms with van der Waals surface area (Å²) >= 11 is 0. The van der Waals surface area contributed by atoms with Crippen LogP contribution in [-0.4, -0.2) is 53.8 Å². The fraction of sp³-hybridized carbons (Fsp3) is 0.292. The molecule has 0 bridgehead atoms. The second-order valence-electron chi connectivity index (χ2n) is 8.28. The number of amides is 1. The lowest BCUT2D eigenvalue weighted by Gasteiger charge is -2.31. The number of aryl methyl sites for hydroxylation is 1. The lowest BCUT2D eigenvalue weighted by atomic mass is 10.1. The van der Waals surface area contributed by atoms with Crippen LogP contribution >= 0.6 is 0 Å². The van der Waals surface area contributed by atoms with Gasteiger partial charge in [-0.05, 0) is 50.1 Å². The van der Waals surface area contributed by atoms with E-state index in [0.717, 1.165) is 22.5 Å². The van der Waals surface area contributed by atoms with Crippen LogP contribution in [0.4, 0.5) is 0 Å². The molecule has 2 aromatic carbocycles. The van der Waals surface area contributed by atoms with Crippen LogP contribution in [0.25, 0.3) is 16.9 Å². The van der Waals surface area contributed by atoms with E-state index in [1.54, 1.807) is 22.9 Å². The molecule has 0 unspecified atom stereocenters. The smallest absolute Gasteiger partial charge is 0.272 e. The second-order valence-corrected chi connectivity index (χ2v) is 10.3. The van der Waals surface area contributed by atoms with Crippen LogP contribution in [0.2, 0.25) is 0 Å². The zero-order valence-corrected chi connectivity index (χ0v) is 19.3. The number of nitrogens with zero attached hydrogens (tertiary/aromatic N) is 4. The monoisotopic (exact) mass is 463 g/mol. The predicted molar refractivity (Wildman–Crippen MR) is 125 cm³/mol. The van der Waals surface area contributed by atoms with Crippen molar-refractivity contribution in [3.63, 3.8) is 0 Å². The molecule has 1 saturated heterocycles. The molecule has 1 aliphatic heterocycles. The standard InChI is InChI=1S/C24H25N5O3S/c1-17-5-11-21(12-6-17)29-23(19-9-7-18(15-25)8-10-19)14-22(27-29)24(30)26-20-4-3-13-28(16-20)33(2,31)32/h5-12,14,20H,3-4,13,16H2,1-2H3,(H,26,30)/t20-/m0/s1. The lowest BCUT2D eigenvalue weighted by Crippen LogP contribution is -2.49. The third-order valence-electron chi connectivity index (χ3n) is 5.72. The van der Waals surface area contributed by atoms with Crippen molar-refractivity contribution in [2.45, 2.75) is 25.8 Å². The van der Waals surface area contributed by atoms with E-state index in [2.05, 4.69) is 16.5 Å². The first-order chi connectivity index (χ1) is 15.7. The number of rotatable bonds is 5. The van der Waals surface area contributed by atoms with E-state index in [1.807, 2.05) is 43.3 Å². The summed E-state index contributed by atoms with van der Waals surface area (Å²) in [5.74, 6) is -0.351. The highest BCUT2D eigenvalue weighted by molar-refractivity contribution is 7.88. The predicted octanol–water partition coefficient (Wildman–Crippen LogP) is 2.87. The Morgan fingerprint density at radius 2 is 1.85 bits per heavy atom. The number of hydrogen-bond donors (Lipinski definition) is 1. The molecule has 8 nitrogen and oxygen atoms in total. The van der Waals surface area contributed by atoms with Crippen LogP contribution in [-0.2, 0) is 10.0 Å². The number of nitrogens with one attached hydrogen (secondary N) is 1. The van der Waals surface area contributed by atoms with Gasteiger partial charge in [-0.15, -0.1) is 0 Å². The molecule has 1 aromatic heterocycles. The van der Waals surface area contributed by atoms with Crippen LogP contribution in [0.1, 0.15) is 34.5 Å². The maximum absolute atomic E-state index is 13.1. The quantitative estimate of drug-likeness (QED) is 0.626. The SMILES string of the molecule is Cc1ccc(-n2nc(C(=O)N[C@H]3CCCN(S(C)(=O)=O)C3)cc2-c2ccc(C#N)cc2)cc1. The fourth-order valence-electron chi connectivity index (χ4n) is 3.92. The third kappa shape index (κ3) is 5.13. The largest absolute Gasteiger partial charge is 0.347 e. The molecule has 1 fully saturated rings. The number of aromatic nitrogens is 2. The highest BCUT2D eigenvalue weighted by Crippen LogP contribution is 2.25. The van der Waals surface area contributed by atoms with Crippen molar-refractivity contribution in [3.8, 4) is 23.0 Å².